The molecule has 26 heavy (non-hydrogen) atoms. The number of rotatable bonds is 0. The molecule has 0 aliphatic carbocycles. The molecule has 0 N–H and O–H groups in total. The lowest BCUT2D eigenvalue weighted by molar-refractivity contribution is 0.758. The van der Waals surface area contributed by atoms with Crippen LogP contribution in [0.3, 0.4) is 0 Å². The van der Waals surface area contributed by atoms with Crippen LogP contribution in [0.2, 0.25) is 0 Å². The fourth-order valence-electron chi connectivity index (χ4n) is 2.77. The van der Waals surface area contributed by atoms with E-state index in [1.165, 1.54) is 4.57 Å². The predicted octanol–water partition coefficient (Wildman–Crippen LogP) is 1.23. The number of hydrogen-bond donors (Lipinski definition) is 0. The molecule has 0 bridgehead atoms. The molecule has 8 heteroatoms. The van der Waals surface area contributed by atoms with Crippen molar-refractivity contribution >= 4 is 16.6 Å². The zero-order chi connectivity index (χ0) is 19.2. The number of fused-ring (bicyclic) bond motifs is 2. The zero-order valence-corrected chi connectivity index (χ0v) is 15.8. The molecule has 4 aromatic heterocycles. The third-order valence-corrected chi connectivity index (χ3v) is 4.69. The Kier molecular flexibility index (Phi) is 4.27. The molecule has 4 aromatic rings. The highest BCUT2D eigenvalue weighted by molar-refractivity contribution is 5.73. The first-order valence-corrected chi connectivity index (χ1v) is 8.22. The van der Waals surface area contributed by atoms with E-state index in [1.54, 1.807) is 43.5 Å². The normalized spacial score (nSPS) is 11.0. The highest BCUT2D eigenvalue weighted by Gasteiger charge is 2.08. The molecule has 0 amide bonds. The van der Waals surface area contributed by atoms with Crippen LogP contribution < -0.4 is 11.1 Å². The minimum absolute atomic E-state index is 0.0457. The third kappa shape index (κ3) is 2.73. The first-order valence-electron chi connectivity index (χ1n) is 8.22. The van der Waals surface area contributed by atoms with Crippen LogP contribution in [-0.2, 0) is 21.1 Å². The van der Waals surface area contributed by atoms with E-state index >= 15 is 0 Å². The number of hydrogen-bond acceptors (Lipinski definition) is 4. The highest BCUT2D eigenvalue weighted by Crippen LogP contribution is 2.06. The average molecular weight is 354 g/mol. The molecule has 0 saturated carbocycles. The molecule has 0 spiro atoms. The van der Waals surface area contributed by atoms with E-state index in [2.05, 4.69) is 10.1 Å². The van der Waals surface area contributed by atoms with Crippen LogP contribution in [0.15, 0.2) is 34.1 Å². The van der Waals surface area contributed by atoms with Gasteiger partial charge in [0.25, 0.3) is 11.1 Å². The maximum atomic E-state index is 11.7. The molecular formula is C18H22N6O2. The second-order valence-corrected chi connectivity index (χ2v) is 6.39. The Hall–Kier alpha value is -3.16. The van der Waals surface area contributed by atoms with E-state index in [0.29, 0.717) is 16.9 Å². The molecule has 0 aliphatic rings. The largest absolute Gasteiger partial charge is 0.315 e. The van der Waals surface area contributed by atoms with Gasteiger partial charge < -0.3 is 8.97 Å². The maximum Gasteiger partial charge on any atom is 0.274 e. The molecule has 4 heterocycles. The van der Waals surface area contributed by atoms with Crippen LogP contribution in [0.1, 0.15) is 17.2 Å². The van der Waals surface area contributed by atoms with Crippen LogP contribution in [-0.4, -0.2) is 28.3 Å². The summed E-state index contributed by atoms with van der Waals surface area (Å²) in [5, 5.41) is 4.54. The molecule has 8 nitrogen and oxygen atoms in total. The quantitative estimate of drug-likeness (QED) is 0.476. The van der Waals surface area contributed by atoms with Gasteiger partial charge in [0, 0.05) is 38.7 Å². The maximum absolute atomic E-state index is 11.7. The van der Waals surface area contributed by atoms with Crippen LogP contribution >= 0.6 is 0 Å². The van der Waals surface area contributed by atoms with Gasteiger partial charge in [0.15, 0.2) is 5.65 Å². The van der Waals surface area contributed by atoms with Gasteiger partial charge in [0.2, 0.25) is 0 Å². The fourth-order valence-corrected chi connectivity index (χ4v) is 2.77. The lowest BCUT2D eigenvalue weighted by Gasteiger charge is -2.05. The molecule has 0 atom stereocenters. The van der Waals surface area contributed by atoms with Gasteiger partial charge in [-0.2, -0.15) is 5.10 Å². The minimum atomic E-state index is -0.0457. The number of aromatic nitrogens is 6. The van der Waals surface area contributed by atoms with Crippen molar-refractivity contribution < 1.29 is 0 Å². The minimum Gasteiger partial charge on any atom is -0.315 e. The molecule has 0 unspecified atom stereocenters. The monoisotopic (exact) mass is 354 g/mol. The van der Waals surface area contributed by atoms with Gasteiger partial charge in [0.05, 0.1) is 6.20 Å². The van der Waals surface area contributed by atoms with Gasteiger partial charge in [-0.1, -0.05) is 0 Å². The van der Waals surface area contributed by atoms with Crippen molar-refractivity contribution in [3.63, 3.8) is 0 Å². The van der Waals surface area contributed by atoms with Gasteiger partial charge in [-0.25, -0.2) is 4.98 Å². The van der Waals surface area contributed by atoms with Crippen molar-refractivity contribution in [3.8, 4) is 0 Å². The van der Waals surface area contributed by atoms with Crippen LogP contribution in [0.25, 0.3) is 16.6 Å². The second kappa shape index (κ2) is 6.29. The summed E-state index contributed by atoms with van der Waals surface area (Å²) in [4.78, 5) is 27.6. The van der Waals surface area contributed by atoms with Crippen LogP contribution in [0.4, 0.5) is 0 Å². The van der Waals surface area contributed by atoms with E-state index < -0.39 is 0 Å². The summed E-state index contributed by atoms with van der Waals surface area (Å²) < 4.78 is 6.71. The molecule has 0 fully saturated rings. The summed E-state index contributed by atoms with van der Waals surface area (Å²) >= 11 is 0. The van der Waals surface area contributed by atoms with E-state index in [0.717, 1.165) is 16.9 Å². The molecule has 0 radical (unpaired) electrons. The lowest BCUT2D eigenvalue weighted by atomic mass is 10.4. The molecule has 4 rings (SSSR count). The Labute approximate surface area is 149 Å². The van der Waals surface area contributed by atoms with Crippen molar-refractivity contribution in [1.29, 1.82) is 0 Å². The highest BCUT2D eigenvalue weighted by atomic mass is 16.1. The van der Waals surface area contributed by atoms with Crippen molar-refractivity contribution in [2.75, 3.05) is 0 Å². The number of aryl methyl sites for hydroxylation is 4. The molecule has 0 aliphatic heterocycles. The van der Waals surface area contributed by atoms with Gasteiger partial charge >= 0.3 is 0 Å². The predicted molar refractivity (Wildman–Crippen MR) is 101 cm³/mol. The Morgan fingerprint density at radius 3 is 2.27 bits per heavy atom. The molecule has 136 valence electrons. The van der Waals surface area contributed by atoms with E-state index in [4.69, 9.17) is 0 Å². The molecule has 0 saturated heterocycles. The topological polar surface area (TPSA) is 79.1 Å². The van der Waals surface area contributed by atoms with Crippen molar-refractivity contribution in [2.45, 2.75) is 20.8 Å². The molecule has 0 aromatic carbocycles. The van der Waals surface area contributed by atoms with Gasteiger partial charge in [0.1, 0.15) is 16.7 Å². The summed E-state index contributed by atoms with van der Waals surface area (Å²) in [5.41, 5.74) is 3.46. The van der Waals surface area contributed by atoms with Crippen molar-refractivity contribution in [2.24, 2.45) is 21.1 Å². The van der Waals surface area contributed by atoms with Crippen molar-refractivity contribution in [3.05, 3.63) is 62.4 Å². The van der Waals surface area contributed by atoms with Crippen LogP contribution in [0, 0.1) is 20.8 Å². The number of nitrogens with zero attached hydrogens (tertiary/aromatic N) is 6. The van der Waals surface area contributed by atoms with Gasteiger partial charge in [-0.05, 0) is 32.9 Å². The van der Waals surface area contributed by atoms with E-state index in [-0.39, 0.29) is 11.1 Å². The smallest absolute Gasteiger partial charge is 0.274 e. The van der Waals surface area contributed by atoms with Crippen LogP contribution in [0.5, 0.6) is 0 Å². The Balaban J connectivity index is 0.000000151. The summed E-state index contributed by atoms with van der Waals surface area (Å²) in [6, 6.07) is 3.81. The second-order valence-electron chi connectivity index (χ2n) is 6.39. The fraction of sp³-hybridized carbons (Fsp3) is 0.333. The Morgan fingerprint density at radius 2 is 1.58 bits per heavy atom. The van der Waals surface area contributed by atoms with Crippen molar-refractivity contribution in [1.82, 2.24) is 28.3 Å². The SMILES string of the molecule is Cc1cn2c(C)ccc2c(=O)n1C.Cc1nc2c(cnn2C)c(=O)n1C. The standard InChI is InChI=1S/C10H12N2O.C8H10N4O/c1-7-4-5-9-10(13)11(3)8(2)6-12(7)9;1-5-10-7-6(4-9-12(7)3)8(13)11(5)2/h4-6H,1-3H3;4H,1-3H3. The van der Waals surface area contributed by atoms with E-state index in [9.17, 15) is 9.59 Å². The first-order chi connectivity index (χ1) is 12.2. The Bertz CT molecular complexity index is 1140. The first kappa shape index (κ1) is 17.7. The lowest BCUT2D eigenvalue weighted by Crippen LogP contribution is -2.20. The Morgan fingerprint density at radius 1 is 0.885 bits per heavy atom. The van der Waals surface area contributed by atoms with Gasteiger partial charge in [-0.15, -0.1) is 0 Å². The summed E-state index contributed by atoms with van der Waals surface area (Å²) in [7, 11) is 5.27. The molecular weight excluding hydrogens is 332 g/mol. The summed E-state index contributed by atoms with van der Waals surface area (Å²) in [6.45, 7) is 5.72. The zero-order valence-electron chi connectivity index (χ0n) is 15.8. The average Bonchev–Trinajstić information content (AvgIpc) is 3.15. The summed E-state index contributed by atoms with van der Waals surface area (Å²) in [6.07, 6.45) is 3.52. The third-order valence-electron chi connectivity index (χ3n) is 4.69. The summed E-state index contributed by atoms with van der Waals surface area (Å²) in [5.74, 6) is 0.695. The van der Waals surface area contributed by atoms with E-state index in [1.807, 2.05) is 36.6 Å². The van der Waals surface area contributed by atoms with Gasteiger partial charge in [-0.3, -0.25) is 18.8 Å².